The van der Waals surface area contributed by atoms with E-state index >= 15 is 0 Å². The van der Waals surface area contributed by atoms with Crippen LogP contribution < -0.4 is 5.32 Å². The van der Waals surface area contributed by atoms with Gasteiger partial charge in [0.15, 0.2) is 0 Å². The maximum atomic E-state index is 3.53. The summed E-state index contributed by atoms with van der Waals surface area (Å²) in [6.45, 7) is 4.37. The lowest BCUT2D eigenvalue weighted by Crippen LogP contribution is -2.18. The van der Waals surface area contributed by atoms with E-state index in [-0.39, 0.29) is 0 Å². The van der Waals surface area contributed by atoms with Crippen LogP contribution in [0.1, 0.15) is 31.2 Å². The topological polar surface area (TPSA) is 12.0 Å². The Kier molecular flexibility index (Phi) is 4.17. The maximum Gasteiger partial charge on any atom is -0.00142 e. The van der Waals surface area contributed by atoms with Crippen molar-refractivity contribution in [2.75, 3.05) is 13.1 Å². The van der Waals surface area contributed by atoms with E-state index in [9.17, 15) is 0 Å². The summed E-state index contributed by atoms with van der Waals surface area (Å²) in [5.74, 6) is 1.68. The molecular weight excluding hydrogens is 194 g/mol. The molecule has 1 heteroatoms. The second kappa shape index (κ2) is 5.86. The van der Waals surface area contributed by atoms with Crippen LogP contribution in [-0.4, -0.2) is 13.1 Å². The zero-order valence-corrected chi connectivity index (χ0v) is 10.0. The predicted molar refractivity (Wildman–Crippen MR) is 69.6 cm³/mol. The van der Waals surface area contributed by atoms with Gasteiger partial charge in [-0.05, 0) is 50.3 Å². The van der Waals surface area contributed by atoms with Gasteiger partial charge in [0.1, 0.15) is 0 Å². The zero-order chi connectivity index (χ0) is 11.2. The highest BCUT2D eigenvalue weighted by Gasteiger charge is 2.37. The van der Waals surface area contributed by atoms with Crippen LogP contribution >= 0.6 is 0 Å². The summed E-state index contributed by atoms with van der Waals surface area (Å²) in [4.78, 5) is 0. The minimum absolute atomic E-state index is 0.815. The van der Waals surface area contributed by atoms with Crippen molar-refractivity contribution in [2.24, 2.45) is 5.92 Å². The van der Waals surface area contributed by atoms with Crippen LogP contribution in [0.3, 0.4) is 0 Å². The maximum absolute atomic E-state index is 3.53. The fourth-order valence-electron chi connectivity index (χ4n) is 2.22. The Balaban J connectivity index is 1.64. The fraction of sp³-hybridized carbons (Fsp3) is 0.467. The quantitative estimate of drug-likeness (QED) is 0.567. The smallest absolute Gasteiger partial charge is 0.00142 e. The number of nitrogens with one attached hydrogen (secondary N) is 1. The van der Waals surface area contributed by atoms with Crippen LogP contribution in [0.2, 0.25) is 0 Å². The van der Waals surface area contributed by atoms with Gasteiger partial charge in [0.05, 0.1) is 0 Å². The van der Waals surface area contributed by atoms with Crippen molar-refractivity contribution in [3.8, 4) is 0 Å². The highest BCUT2D eigenvalue weighted by Crippen LogP contribution is 2.46. The second-order valence-electron chi connectivity index (χ2n) is 4.57. The van der Waals surface area contributed by atoms with Crippen LogP contribution in [0.4, 0.5) is 0 Å². The number of hydrogen-bond donors (Lipinski definition) is 1. The van der Waals surface area contributed by atoms with E-state index < -0.39 is 0 Å². The highest BCUT2D eigenvalue weighted by atomic mass is 14.9. The first-order valence-corrected chi connectivity index (χ1v) is 6.28. The van der Waals surface area contributed by atoms with Crippen molar-refractivity contribution in [1.82, 2.24) is 5.32 Å². The number of rotatable bonds is 6. The van der Waals surface area contributed by atoms with E-state index in [4.69, 9.17) is 0 Å². The molecule has 2 atom stereocenters. The molecule has 0 aromatic heterocycles. The van der Waals surface area contributed by atoms with E-state index in [0.717, 1.165) is 24.8 Å². The molecule has 1 saturated carbocycles. The Morgan fingerprint density at radius 2 is 2.12 bits per heavy atom. The first-order chi connectivity index (χ1) is 7.92. The van der Waals surface area contributed by atoms with E-state index in [1.165, 1.54) is 18.5 Å². The van der Waals surface area contributed by atoms with Crippen LogP contribution in [-0.2, 0) is 0 Å². The first-order valence-electron chi connectivity index (χ1n) is 6.28. The molecular formula is C15H21N. The SMILES string of the molecule is C/C=C/CCNCC1CC1c1ccccc1. The van der Waals surface area contributed by atoms with E-state index in [0.29, 0.717) is 0 Å². The van der Waals surface area contributed by atoms with Gasteiger partial charge in [-0.25, -0.2) is 0 Å². The molecule has 1 nitrogen and oxygen atoms in total. The lowest BCUT2D eigenvalue weighted by molar-refractivity contribution is 0.631. The minimum atomic E-state index is 0.815. The average molecular weight is 215 g/mol. The molecule has 1 fully saturated rings. The molecule has 0 amide bonds. The van der Waals surface area contributed by atoms with Gasteiger partial charge >= 0.3 is 0 Å². The predicted octanol–water partition coefficient (Wildman–Crippen LogP) is 3.35. The van der Waals surface area contributed by atoms with Gasteiger partial charge in [-0.3, -0.25) is 0 Å². The van der Waals surface area contributed by atoms with Gasteiger partial charge in [0, 0.05) is 0 Å². The summed E-state index contributed by atoms with van der Waals surface area (Å²) >= 11 is 0. The van der Waals surface area contributed by atoms with Gasteiger partial charge in [-0.15, -0.1) is 0 Å². The summed E-state index contributed by atoms with van der Waals surface area (Å²) in [7, 11) is 0. The van der Waals surface area contributed by atoms with Gasteiger partial charge in [-0.1, -0.05) is 42.5 Å². The number of hydrogen-bond acceptors (Lipinski definition) is 1. The van der Waals surface area contributed by atoms with Crippen LogP contribution in [0, 0.1) is 5.92 Å². The molecule has 1 aromatic rings. The lowest BCUT2D eigenvalue weighted by Gasteiger charge is -2.02. The molecule has 0 bridgehead atoms. The van der Waals surface area contributed by atoms with Crippen LogP contribution in [0.15, 0.2) is 42.5 Å². The average Bonchev–Trinajstić information content (AvgIpc) is 3.10. The standard InChI is InChI=1S/C15H21N/c1-2-3-7-10-16-12-14-11-15(14)13-8-5-4-6-9-13/h2-6,8-9,14-16H,7,10-12H2,1H3/b3-2+. The Morgan fingerprint density at radius 3 is 2.88 bits per heavy atom. The Morgan fingerprint density at radius 1 is 1.31 bits per heavy atom. The molecule has 0 radical (unpaired) electrons. The van der Waals surface area contributed by atoms with Gasteiger partial charge in [0.2, 0.25) is 0 Å². The summed E-state index contributed by atoms with van der Waals surface area (Å²) in [6.07, 6.45) is 6.85. The summed E-state index contributed by atoms with van der Waals surface area (Å²) in [5.41, 5.74) is 1.52. The largest absolute Gasteiger partial charge is 0.316 e. The Labute approximate surface area is 98.6 Å². The van der Waals surface area contributed by atoms with Crippen molar-refractivity contribution < 1.29 is 0 Å². The van der Waals surface area contributed by atoms with Crippen LogP contribution in [0.25, 0.3) is 0 Å². The number of allylic oxidation sites excluding steroid dienone is 1. The van der Waals surface area contributed by atoms with E-state index in [1.54, 1.807) is 0 Å². The van der Waals surface area contributed by atoms with Crippen molar-refractivity contribution in [3.05, 3.63) is 48.0 Å². The van der Waals surface area contributed by atoms with Gasteiger partial charge in [0.25, 0.3) is 0 Å². The third-order valence-corrected chi connectivity index (χ3v) is 3.28. The molecule has 0 heterocycles. The summed E-state index contributed by atoms with van der Waals surface area (Å²) in [5, 5.41) is 3.53. The molecule has 86 valence electrons. The fourth-order valence-corrected chi connectivity index (χ4v) is 2.22. The molecule has 2 rings (SSSR count). The van der Waals surface area contributed by atoms with Crippen molar-refractivity contribution >= 4 is 0 Å². The number of benzene rings is 1. The van der Waals surface area contributed by atoms with Gasteiger partial charge < -0.3 is 5.32 Å². The molecule has 1 aliphatic rings. The van der Waals surface area contributed by atoms with Crippen molar-refractivity contribution in [2.45, 2.75) is 25.7 Å². The molecule has 1 aliphatic carbocycles. The Hall–Kier alpha value is -1.08. The lowest BCUT2D eigenvalue weighted by atomic mass is 10.1. The van der Waals surface area contributed by atoms with E-state index in [2.05, 4.69) is 54.7 Å². The first kappa shape index (κ1) is 11.4. The third kappa shape index (κ3) is 3.21. The summed E-state index contributed by atoms with van der Waals surface area (Å²) in [6, 6.07) is 10.9. The molecule has 0 spiro atoms. The molecule has 1 N–H and O–H groups in total. The van der Waals surface area contributed by atoms with Crippen molar-refractivity contribution in [3.63, 3.8) is 0 Å². The minimum Gasteiger partial charge on any atom is -0.316 e. The molecule has 1 aromatic carbocycles. The molecule has 16 heavy (non-hydrogen) atoms. The monoisotopic (exact) mass is 215 g/mol. The Bertz CT molecular complexity index is 329. The highest BCUT2D eigenvalue weighted by molar-refractivity contribution is 5.25. The second-order valence-corrected chi connectivity index (χ2v) is 4.57. The van der Waals surface area contributed by atoms with Crippen molar-refractivity contribution in [1.29, 1.82) is 0 Å². The van der Waals surface area contributed by atoms with Gasteiger partial charge in [-0.2, -0.15) is 0 Å². The molecule has 2 unspecified atom stereocenters. The zero-order valence-electron chi connectivity index (χ0n) is 10.0. The third-order valence-electron chi connectivity index (χ3n) is 3.28. The van der Waals surface area contributed by atoms with E-state index in [1.807, 2.05) is 0 Å². The summed E-state index contributed by atoms with van der Waals surface area (Å²) < 4.78 is 0. The molecule has 0 aliphatic heterocycles. The normalized spacial score (nSPS) is 23.8. The molecule has 0 saturated heterocycles. The van der Waals surface area contributed by atoms with Crippen LogP contribution in [0.5, 0.6) is 0 Å².